The Balaban J connectivity index is 1.65. The van der Waals surface area contributed by atoms with Crippen LogP contribution in [0.1, 0.15) is 31.4 Å². The lowest BCUT2D eigenvalue weighted by Gasteiger charge is -2.18. The zero-order valence-corrected chi connectivity index (χ0v) is 18.8. The third kappa shape index (κ3) is 4.51. The molecule has 0 aromatic heterocycles. The number of nitrogens with zero attached hydrogens (tertiary/aromatic N) is 1. The van der Waals surface area contributed by atoms with E-state index in [1.807, 2.05) is 54.6 Å². The number of fused-ring (bicyclic) bond motifs is 2. The first-order chi connectivity index (χ1) is 15.6. The van der Waals surface area contributed by atoms with Crippen LogP contribution in [0.25, 0.3) is 21.5 Å². The zero-order chi connectivity index (χ0) is 22.5. The largest absolute Gasteiger partial charge is 0.508 e. The lowest BCUT2D eigenvalue weighted by molar-refractivity contribution is 0.250. The van der Waals surface area contributed by atoms with Gasteiger partial charge in [0.1, 0.15) is 17.2 Å². The van der Waals surface area contributed by atoms with E-state index in [1.54, 1.807) is 12.1 Å². The lowest BCUT2D eigenvalue weighted by atomic mass is 9.93. The van der Waals surface area contributed by atoms with Gasteiger partial charge in [-0.1, -0.05) is 56.3 Å². The van der Waals surface area contributed by atoms with E-state index in [2.05, 4.69) is 18.7 Å². The highest BCUT2D eigenvalue weighted by molar-refractivity contribution is 5.94. The van der Waals surface area contributed by atoms with Gasteiger partial charge in [0.05, 0.1) is 6.61 Å². The molecule has 4 heteroatoms. The minimum absolute atomic E-state index is 0.225. The number of rotatable bonds is 9. The number of hydrogen-bond donors (Lipinski definition) is 2. The Morgan fingerprint density at radius 1 is 0.719 bits per heavy atom. The minimum atomic E-state index is 0.225. The highest BCUT2D eigenvalue weighted by Gasteiger charge is 2.15. The van der Waals surface area contributed by atoms with Gasteiger partial charge in [0.25, 0.3) is 0 Å². The normalized spacial score (nSPS) is 11.5. The summed E-state index contributed by atoms with van der Waals surface area (Å²) < 4.78 is 6.14. The van der Waals surface area contributed by atoms with E-state index in [4.69, 9.17) is 4.74 Å². The van der Waals surface area contributed by atoms with Crippen molar-refractivity contribution < 1.29 is 14.9 Å². The molecular formula is C28H31NO3. The maximum atomic E-state index is 10.7. The molecule has 0 amide bonds. The summed E-state index contributed by atoms with van der Waals surface area (Å²) in [5, 5.41) is 25.3. The molecule has 0 aliphatic rings. The molecule has 0 aliphatic heterocycles. The van der Waals surface area contributed by atoms with Crippen LogP contribution in [0.15, 0.2) is 66.7 Å². The third-order valence-corrected chi connectivity index (χ3v) is 6.25. The summed E-state index contributed by atoms with van der Waals surface area (Å²) in [4.78, 5) is 2.39. The molecule has 2 N–H and O–H groups in total. The second kappa shape index (κ2) is 9.92. The Morgan fingerprint density at radius 2 is 1.41 bits per heavy atom. The van der Waals surface area contributed by atoms with Crippen molar-refractivity contribution in [2.45, 2.75) is 26.7 Å². The van der Waals surface area contributed by atoms with Crippen molar-refractivity contribution in [2.75, 3.05) is 26.2 Å². The van der Waals surface area contributed by atoms with Crippen LogP contribution in [0.2, 0.25) is 0 Å². The van der Waals surface area contributed by atoms with E-state index in [0.29, 0.717) is 13.0 Å². The van der Waals surface area contributed by atoms with Crippen LogP contribution >= 0.6 is 0 Å². The van der Waals surface area contributed by atoms with Crippen molar-refractivity contribution in [1.29, 1.82) is 0 Å². The number of hydrogen-bond acceptors (Lipinski definition) is 4. The fraction of sp³-hybridized carbons (Fsp3) is 0.286. The first-order valence-corrected chi connectivity index (χ1v) is 11.4. The highest BCUT2D eigenvalue weighted by Crippen LogP contribution is 2.37. The summed E-state index contributed by atoms with van der Waals surface area (Å²) in [7, 11) is 0. The van der Waals surface area contributed by atoms with Crippen molar-refractivity contribution in [2.24, 2.45) is 0 Å². The van der Waals surface area contributed by atoms with E-state index < -0.39 is 0 Å². The molecule has 32 heavy (non-hydrogen) atoms. The fourth-order valence-corrected chi connectivity index (χ4v) is 4.39. The van der Waals surface area contributed by atoms with Gasteiger partial charge >= 0.3 is 0 Å². The van der Waals surface area contributed by atoms with E-state index >= 15 is 0 Å². The second-order valence-electron chi connectivity index (χ2n) is 8.10. The van der Waals surface area contributed by atoms with Crippen LogP contribution in [0.3, 0.4) is 0 Å². The SMILES string of the molecule is CCN(CC)CCCOc1cccc2c(Cc3c(O)ccc4ccccc34)c(O)ccc12. The van der Waals surface area contributed by atoms with Crippen molar-refractivity contribution >= 4 is 21.5 Å². The van der Waals surface area contributed by atoms with Crippen molar-refractivity contribution in [3.63, 3.8) is 0 Å². The van der Waals surface area contributed by atoms with Gasteiger partial charge in [-0.2, -0.15) is 0 Å². The van der Waals surface area contributed by atoms with Gasteiger partial charge in [-0.3, -0.25) is 0 Å². The predicted octanol–water partition coefficient (Wildman–Crippen LogP) is 6.11. The molecular weight excluding hydrogens is 398 g/mol. The van der Waals surface area contributed by atoms with E-state index in [1.165, 1.54) is 0 Å². The molecule has 0 spiro atoms. The Hall–Kier alpha value is -3.24. The summed E-state index contributed by atoms with van der Waals surface area (Å²) in [5.74, 6) is 1.29. The molecule has 0 unspecified atom stereocenters. The van der Waals surface area contributed by atoms with Crippen LogP contribution in [-0.2, 0) is 6.42 Å². The fourth-order valence-electron chi connectivity index (χ4n) is 4.39. The lowest BCUT2D eigenvalue weighted by Crippen LogP contribution is -2.25. The monoisotopic (exact) mass is 429 g/mol. The van der Waals surface area contributed by atoms with Crippen LogP contribution in [0.5, 0.6) is 17.2 Å². The molecule has 4 nitrogen and oxygen atoms in total. The van der Waals surface area contributed by atoms with Gasteiger partial charge in [0, 0.05) is 29.5 Å². The molecule has 166 valence electrons. The summed E-state index contributed by atoms with van der Waals surface area (Å²) in [5.41, 5.74) is 1.61. The van der Waals surface area contributed by atoms with Crippen LogP contribution < -0.4 is 4.74 Å². The van der Waals surface area contributed by atoms with Gasteiger partial charge in [-0.05, 0) is 59.9 Å². The topological polar surface area (TPSA) is 52.9 Å². The predicted molar refractivity (Wildman–Crippen MR) is 132 cm³/mol. The first kappa shape index (κ1) is 22.0. The first-order valence-electron chi connectivity index (χ1n) is 11.4. The molecule has 0 bridgehead atoms. The summed E-state index contributed by atoms with van der Waals surface area (Å²) >= 11 is 0. The van der Waals surface area contributed by atoms with E-state index in [-0.39, 0.29) is 11.5 Å². The van der Waals surface area contributed by atoms with Gasteiger partial charge in [0.15, 0.2) is 0 Å². The van der Waals surface area contributed by atoms with Crippen molar-refractivity contribution in [3.8, 4) is 17.2 Å². The molecule has 0 radical (unpaired) electrons. The highest BCUT2D eigenvalue weighted by atomic mass is 16.5. The summed E-state index contributed by atoms with van der Waals surface area (Å²) in [6.45, 7) is 8.12. The molecule has 0 heterocycles. The van der Waals surface area contributed by atoms with Crippen molar-refractivity contribution in [3.05, 3.63) is 77.9 Å². The van der Waals surface area contributed by atoms with Crippen LogP contribution in [-0.4, -0.2) is 41.4 Å². The number of aromatic hydroxyl groups is 2. The molecule has 0 saturated heterocycles. The molecule has 0 saturated carbocycles. The summed E-state index contributed by atoms with van der Waals surface area (Å²) in [6, 6.07) is 21.2. The quantitative estimate of drug-likeness (QED) is 0.315. The number of phenolic OH excluding ortho intramolecular Hbond substituents is 2. The molecule has 0 atom stereocenters. The van der Waals surface area contributed by atoms with Gasteiger partial charge in [0.2, 0.25) is 0 Å². The maximum Gasteiger partial charge on any atom is 0.127 e. The Kier molecular flexibility index (Phi) is 6.81. The van der Waals surface area contributed by atoms with Gasteiger partial charge in [-0.15, -0.1) is 0 Å². The Labute approximate surface area is 189 Å². The summed E-state index contributed by atoms with van der Waals surface area (Å²) in [6.07, 6.45) is 1.40. The zero-order valence-electron chi connectivity index (χ0n) is 18.8. The third-order valence-electron chi connectivity index (χ3n) is 6.25. The Morgan fingerprint density at radius 3 is 2.19 bits per heavy atom. The average Bonchev–Trinajstić information content (AvgIpc) is 2.82. The molecule has 0 fully saturated rings. The minimum Gasteiger partial charge on any atom is -0.508 e. The molecule has 4 aromatic carbocycles. The maximum absolute atomic E-state index is 10.7. The second-order valence-corrected chi connectivity index (χ2v) is 8.10. The molecule has 4 rings (SSSR count). The smallest absolute Gasteiger partial charge is 0.127 e. The van der Waals surface area contributed by atoms with E-state index in [0.717, 1.165) is 64.5 Å². The van der Waals surface area contributed by atoms with E-state index in [9.17, 15) is 10.2 Å². The van der Waals surface area contributed by atoms with Crippen LogP contribution in [0.4, 0.5) is 0 Å². The average molecular weight is 430 g/mol. The van der Waals surface area contributed by atoms with Crippen LogP contribution in [0, 0.1) is 0 Å². The molecule has 0 aliphatic carbocycles. The molecule has 4 aromatic rings. The van der Waals surface area contributed by atoms with Gasteiger partial charge in [-0.25, -0.2) is 0 Å². The van der Waals surface area contributed by atoms with Crippen molar-refractivity contribution in [1.82, 2.24) is 4.90 Å². The Bertz CT molecular complexity index is 1210. The standard InChI is InChI=1S/C28H31NO3/c1-3-29(4-2)17-8-18-32-28-12-7-11-22-23(28)14-16-27(31)25(22)19-24-21-10-6-5-9-20(21)13-15-26(24)30/h5-7,9-16,30-31H,3-4,8,17-19H2,1-2H3. The number of ether oxygens (including phenoxy) is 1. The van der Waals surface area contributed by atoms with Gasteiger partial charge < -0.3 is 19.8 Å². The number of phenols is 2. The number of benzene rings is 4.